The molecule has 98 valence electrons. The van der Waals surface area contributed by atoms with Crippen LogP contribution in [0.1, 0.15) is 12.1 Å². The molecule has 0 radical (unpaired) electrons. The lowest BCUT2D eigenvalue weighted by molar-refractivity contribution is 0.196. The number of rotatable bonds is 7. The number of methoxy groups -OCH3 is 1. The zero-order valence-electron chi connectivity index (χ0n) is 10.1. The van der Waals surface area contributed by atoms with E-state index >= 15 is 0 Å². The smallest absolute Gasteiger partial charge is 0.242 e. The van der Waals surface area contributed by atoms with Gasteiger partial charge in [-0.1, -0.05) is 0 Å². The molecule has 0 aliphatic heterocycles. The molecule has 7 heteroatoms. The second kappa shape index (κ2) is 6.15. The van der Waals surface area contributed by atoms with Crippen LogP contribution in [-0.4, -0.2) is 33.2 Å². The van der Waals surface area contributed by atoms with E-state index in [0.29, 0.717) is 26.1 Å². The topological polar surface area (TPSA) is 86.3 Å². The van der Waals surface area contributed by atoms with Crippen LogP contribution in [0.4, 0.5) is 0 Å². The Balaban J connectivity index is 2.69. The number of sulfonamides is 1. The first kappa shape index (κ1) is 14.2. The van der Waals surface area contributed by atoms with Gasteiger partial charge in [-0.3, -0.25) is 0 Å². The van der Waals surface area contributed by atoms with Crippen molar-refractivity contribution >= 4 is 10.0 Å². The maximum atomic E-state index is 11.9. The van der Waals surface area contributed by atoms with E-state index in [0.717, 1.165) is 5.69 Å². The molecule has 0 unspecified atom stereocenters. The average Bonchev–Trinajstić information content (AvgIpc) is 2.67. The Labute approximate surface area is 102 Å². The molecule has 0 saturated carbocycles. The summed E-state index contributed by atoms with van der Waals surface area (Å²) in [6.07, 6.45) is 2.20. The average molecular weight is 261 g/mol. The van der Waals surface area contributed by atoms with Gasteiger partial charge in [-0.25, -0.2) is 13.1 Å². The molecule has 1 heterocycles. The van der Waals surface area contributed by atoms with Crippen LogP contribution in [0, 0.1) is 0 Å². The Morgan fingerprint density at radius 3 is 2.76 bits per heavy atom. The maximum absolute atomic E-state index is 11.9. The van der Waals surface area contributed by atoms with Gasteiger partial charge in [0.05, 0.1) is 4.90 Å². The Morgan fingerprint density at radius 1 is 1.53 bits per heavy atom. The van der Waals surface area contributed by atoms with Crippen LogP contribution in [0.3, 0.4) is 0 Å². The number of nitrogens with zero attached hydrogens (tertiary/aromatic N) is 1. The summed E-state index contributed by atoms with van der Waals surface area (Å²) >= 11 is 0. The summed E-state index contributed by atoms with van der Waals surface area (Å²) in [5.41, 5.74) is 6.27. The summed E-state index contributed by atoms with van der Waals surface area (Å²) < 4.78 is 32.8. The van der Waals surface area contributed by atoms with Gasteiger partial charge in [-0.2, -0.15) is 0 Å². The normalized spacial score (nSPS) is 11.9. The summed E-state index contributed by atoms with van der Waals surface area (Å²) in [5.74, 6) is 0. The summed E-state index contributed by atoms with van der Waals surface area (Å²) in [7, 11) is -0.0819. The molecule has 1 aromatic heterocycles. The number of nitrogens with one attached hydrogen (secondary N) is 1. The zero-order valence-corrected chi connectivity index (χ0v) is 11.0. The van der Waals surface area contributed by atoms with E-state index in [2.05, 4.69) is 4.72 Å². The molecule has 17 heavy (non-hydrogen) atoms. The highest BCUT2D eigenvalue weighted by molar-refractivity contribution is 7.89. The largest absolute Gasteiger partial charge is 0.385 e. The van der Waals surface area contributed by atoms with E-state index in [4.69, 9.17) is 10.5 Å². The molecule has 0 atom stereocenters. The fraction of sp³-hybridized carbons (Fsp3) is 0.600. The summed E-state index contributed by atoms with van der Waals surface area (Å²) in [4.78, 5) is 0.248. The third-order valence-electron chi connectivity index (χ3n) is 2.42. The van der Waals surface area contributed by atoms with Gasteiger partial charge in [0, 0.05) is 45.7 Å². The van der Waals surface area contributed by atoms with E-state index < -0.39 is 10.0 Å². The van der Waals surface area contributed by atoms with Crippen LogP contribution in [0.25, 0.3) is 0 Å². The second-order valence-electron chi connectivity index (χ2n) is 3.73. The first-order valence-corrected chi connectivity index (χ1v) is 6.83. The molecule has 3 N–H and O–H groups in total. The molecule has 1 rings (SSSR count). The van der Waals surface area contributed by atoms with Gasteiger partial charge in [0.15, 0.2) is 0 Å². The predicted molar refractivity (Wildman–Crippen MR) is 65.0 cm³/mol. The number of aromatic nitrogens is 1. The molecule has 0 fully saturated rings. The van der Waals surface area contributed by atoms with Crippen molar-refractivity contribution in [2.75, 3.05) is 20.3 Å². The van der Waals surface area contributed by atoms with Crippen molar-refractivity contribution in [2.45, 2.75) is 17.9 Å². The van der Waals surface area contributed by atoms with Crippen LogP contribution in [0.2, 0.25) is 0 Å². The lowest BCUT2D eigenvalue weighted by Crippen LogP contribution is -2.25. The highest BCUT2D eigenvalue weighted by Gasteiger charge is 2.16. The molecule has 0 saturated heterocycles. The fourth-order valence-electron chi connectivity index (χ4n) is 1.43. The Bertz CT molecular complexity index is 453. The van der Waals surface area contributed by atoms with Crippen molar-refractivity contribution in [1.82, 2.24) is 9.29 Å². The van der Waals surface area contributed by atoms with Gasteiger partial charge in [0.1, 0.15) is 0 Å². The molecule has 0 spiro atoms. The maximum Gasteiger partial charge on any atom is 0.242 e. The van der Waals surface area contributed by atoms with Gasteiger partial charge in [0.2, 0.25) is 10.0 Å². The van der Waals surface area contributed by atoms with Crippen molar-refractivity contribution in [3.05, 3.63) is 18.0 Å². The molecule has 6 nitrogen and oxygen atoms in total. The van der Waals surface area contributed by atoms with Gasteiger partial charge in [-0.15, -0.1) is 0 Å². The summed E-state index contributed by atoms with van der Waals surface area (Å²) in [6, 6.07) is 1.58. The molecule has 0 aliphatic rings. The molecule has 1 aromatic rings. The van der Waals surface area contributed by atoms with Crippen molar-refractivity contribution in [3.8, 4) is 0 Å². The minimum absolute atomic E-state index is 0.248. The summed E-state index contributed by atoms with van der Waals surface area (Å²) in [6.45, 7) is 1.21. The molecule has 0 amide bonds. The molecular weight excluding hydrogens is 242 g/mol. The standard InChI is InChI=1S/C10H19N3O3S/c1-13-8-10(6-9(13)7-11)17(14,15)12-4-3-5-16-2/h6,8,12H,3-5,7,11H2,1-2H3. The van der Waals surface area contributed by atoms with Gasteiger partial charge >= 0.3 is 0 Å². The SMILES string of the molecule is COCCCNS(=O)(=O)c1cc(CN)n(C)c1. The lowest BCUT2D eigenvalue weighted by Gasteiger charge is -2.03. The minimum Gasteiger partial charge on any atom is -0.385 e. The number of nitrogens with two attached hydrogens (primary N) is 1. The zero-order chi connectivity index (χ0) is 12.9. The van der Waals surface area contributed by atoms with Crippen molar-refractivity contribution in [3.63, 3.8) is 0 Å². The van der Waals surface area contributed by atoms with Crippen LogP contribution in [0.5, 0.6) is 0 Å². The third kappa shape index (κ3) is 3.81. The second-order valence-corrected chi connectivity index (χ2v) is 5.49. The highest BCUT2D eigenvalue weighted by atomic mass is 32.2. The van der Waals surface area contributed by atoms with Crippen molar-refractivity contribution in [2.24, 2.45) is 12.8 Å². The number of ether oxygens (including phenoxy) is 1. The number of aryl methyl sites for hydroxylation is 1. The van der Waals surface area contributed by atoms with Gasteiger partial charge in [-0.05, 0) is 12.5 Å². The molecule has 0 aromatic carbocycles. The molecule has 0 bridgehead atoms. The fourth-order valence-corrected chi connectivity index (χ4v) is 2.60. The lowest BCUT2D eigenvalue weighted by atomic mass is 10.4. The Morgan fingerprint density at radius 2 is 2.24 bits per heavy atom. The highest BCUT2D eigenvalue weighted by Crippen LogP contribution is 2.12. The predicted octanol–water partition coefficient (Wildman–Crippen LogP) is -0.201. The van der Waals surface area contributed by atoms with Crippen LogP contribution in [-0.2, 0) is 28.4 Å². The first-order valence-electron chi connectivity index (χ1n) is 5.35. The van der Waals surface area contributed by atoms with Crippen molar-refractivity contribution < 1.29 is 13.2 Å². The van der Waals surface area contributed by atoms with Crippen molar-refractivity contribution in [1.29, 1.82) is 0 Å². The summed E-state index contributed by atoms with van der Waals surface area (Å²) in [5, 5.41) is 0. The van der Waals surface area contributed by atoms with Crippen LogP contribution >= 0.6 is 0 Å². The Hall–Kier alpha value is -0.890. The van der Waals surface area contributed by atoms with E-state index in [1.165, 1.54) is 0 Å². The molecular formula is C10H19N3O3S. The molecule has 0 aliphatic carbocycles. The first-order chi connectivity index (χ1) is 8.01. The Kier molecular flexibility index (Phi) is 5.13. The van der Waals surface area contributed by atoms with E-state index in [-0.39, 0.29) is 4.90 Å². The van der Waals surface area contributed by atoms with Crippen LogP contribution < -0.4 is 10.5 Å². The van der Waals surface area contributed by atoms with E-state index in [9.17, 15) is 8.42 Å². The quantitative estimate of drug-likeness (QED) is 0.665. The number of hydrogen-bond donors (Lipinski definition) is 2. The van der Waals surface area contributed by atoms with Crippen LogP contribution in [0.15, 0.2) is 17.2 Å². The number of hydrogen-bond acceptors (Lipinski definition) is 4. The minimum atomic E-state index is -3.43. The monoisotopic (exact) mass is 261 g/mol. The third-order valence-corrected chi connectivity index (χ3v) is 3.85. The van der Waals surface area contributed by atoms with E-state index in [1.54, 1.807) is 31.0 Å². The van der Waals surface area contributed by atoms with Gasteiger partial charge < -0.3 is 15.0 Å². The van der Waals surface area contributed by atoms with Gasteiger partial charge in [0.25, 0.3) is 0 Å². The van der Waals surface area contributed by atoms with E-state index in [1.807, 2.05) is 0 Å².